The van der Waals surface area contributed by atoms with Crippen molar-refractivity contribution in [3.05, 3.63) is 47.2 Å². The lowest BCUT2D eigenvalue weighted by Crippen LogP contribution is -2.00. The van der Waals surface area contributed by atoms with E-state index in [-0.39, 0.29) is 11.7 Å². The van der Waals surface area contributed by atoms with Gasteiger partial charge in [0.05, 0.1) is 11.6 Å². The number of halogens is 1. The molecule has 0 fully saturated rings. The van der Waals surface area contributed by atoms with Crippen molar-refractivity contribution in [2.75, 3.05) is 12.8 Å². The lowest BCUT2D eigenvalue weighted by molar-refractivity contribution is 0.369. The van der Waals surface area contributed by atoms with Gasteiger partial charge in [0.1, 0.15) is 12.1 Å². The van der Waals surface area contributed by atoms with Crippen LogP contribution in [0.5, 0.6) is 17.4 Å². The van der Waals surface area contributed by atoms with E-state index in [0.29, 0.717) is 11.5 Å². The minimum Gasteiger partial charge on any atom is -0.489 e. The Morgan fingerprint density at radius 1 is 1.10 bits per heavy atom. The van der Waals surface area contributed by atoms with Crippen LogP contribution in [0.4, 0.5) is 5.82 Å². The second-order valence-corrected chi connectivity index (χ2v) is 5.09. The zero-order chi connectivity index (χ0) is 14.8. The van der Waals surface area contributed by atoms with Crippen molar-refractivity contribution in [3.63, 3.8) is 0 Å². The van der Waals surface area contributed by atoms with Crippen LogP contribution < -0.4 is 15.2 Å². The van der Waals surface area contributed by atoms with Crippen molar-refractivity contribution in [2.24, 2.45) is 0 Å². The molecule has 106 valence electrons. The second-order valence-electron chi connectivity index (χ2n) is 4.30. The van der Waals surface area contributed by atoms with Gasteiger partial charge in [0, 0.05) is 0 Å². The molecule has 0 atom stereocenters. The summed E-state index contributed by atoms with van der Waals surface area (Å²) in [5.74, 6) is 1.46. The zero-order valence-electron chi connectivity index (χ0n) is 11.2. The SMILES string of the molecule is COc1c(N)ncnc1Oc1ccc2ccccc2c1Br. The number of aromatic nitrogens is 2. The molecule has 5 nitrogen and oxygen atoms in total. The van der Waals surface area contributed by atoms with Gasteiger partial charge in [-0.05, 0) is 32.8 Å². The molecule has 0 aliphatic heterocycles. The van der Waals surface area contributed by atoms with Crippen LogP contribution >= 0.6 is 15.9 Å². The summed E-state index contributed by atoms with van der Waals surface area (Å²) >= 11 is 3.56. The smallest absolute Gasteiger partial charge is 0.268 e. The Morgan fingerprint density at radius 3 is 2.71 bits per heavy atom. The van der Waals surface area contributed by atoms with Gasteiger partial charge in [-0.2, -0.15) is 4.98 Å². The number of nitrogens with two attached hydrogens (primary N) is 1. The highest BCUT2D eigenvalue weighted by atomic mass is 79.9. The van der Waals surface area contributed by atoms with Crippen molar-refractivity contribution >= 4 is 32.5 Å². The van der Waals surface area contributed by atoms with Crippen LogP contribution in [-0.2, 0) is 0 Å². The first-order valence-electron chi connectivity index (χ1n) is 6.20. The summed E-state index contributed by atoms with van der Waals surface area (Å²) in [6.45, 7) is 0. The van der Waals surface area contributed by atoms with Crippen LogP contribution in [0.3, 0.4) is 0 Å². The van der Waals surface area contributed by atoms with Crippen LogP contribution in [0.15, 0.2) is 47.2 Å². The van der Waals surface area contributed by atoms with Gasteiger partial charge in [0.25, 0.3) is 5.88 Å². The van der Waals surface area contributed by atoms with Crippen LogP contribution in [0, 0.1) is 0 Å². The van der Waals surface area contributed by atoms with Gasteiger partial charge in [0.15, 0.2) is 5.82 Å². The van der Waals surface area contributed by atoms with Gasteiger partial charge < -0.3 is 15.2 Å². The molecule has 0 radical (unpaired) electrons. The summed E-state index contributed by atoms with van der Waals surface area (Å²) in [5, 5.41) is 2.17. The Labute approximate surface area is 129 Å². The predicted octanol–water partition coefficient (Wildman–Crippen LogP) is 3.78. The molecule has 0 aliphatic rings. The number of methoxy groups -OCH3 is 1. The molecule has 0 saturated heterocycles. The van der Waals surface area contributed by atoms with E-state index in [1.54, 1.807) is 0 Å². The van der Waals surface area contributed by atoms with Crippen molar-refractivity contribution in [2.45, 2.75) is 0 Å². The molecule has 0 aliphatic carbocycles. The fourth-order valence-electron chi connectivity index (χ4n) is 2.03. The van der Waals surface area contributed by atoms with E-state index in [9.17, 15) is 0 Å². The maximum atomic E-state index is 5.82. The van der Waals surface area contributed by atoms with E-state index in [2.05, 4.69) is 25.9 Å². The fourth-order valence-corrected chi connectivity index (χ4v) is 2.61. The van der Waals surface area contributed by atoms with Gasteiger partial charge in [0.2, 0.25) is 5.75 Å². The van der Waals surface area contributed by atoms with Gasteiger partial charge >= 0.3 is 0 Å². The first-order valence-corrected chi connectivity index (χ1v) is 6.99. The molecule has 0 bridgehead atoms. The topological polar surface area (TPSA) is 70.3 Å². The first kappa shape index (κ1) is 13.6. The molecule has 0 spiro atoms. The third kappa shape index (κ3) is 2.50. The van der Waals surface area contributed by atoms with Crippen molar-refractivity contribution in [1.29, 1.82) is 0 Å². The number of hydrogen-bond acceptors (Lipinski definition) is 5. The fraction of sp³-hybridized carbons (Fsp3) is 0.0667. The Kier molecular flexibility index (Phi) is 3.62. The normalized spacial score (nSPS) is 10.6. The number of anilines is 1. The minimum absolute atomic E-state index is 0.236. The summed E-state index contributed by atoms with van der Waals surface area (Å²) < 4.78 is 11.8. The predicted molar refractivity (Wildman–Crippen MR) is 84.7 cm³/mol. The molecule has 0 saturated carbocycles. The quantitative estimate of drug-likeness (QED) is 0.782. The summed E-state index contributed by atoms with van der Waals surface area (Å²) in [4.78, 5) is 7.94. The summed E-state index contributed by atoms with van der Waals surface area (Å²) in [6.07, 6.45) is 1.34. The molecule has 0 unspecified atom stereocenters. The zero-order valence-corrected chi connectivity index (χ0v) is 12.8. The highest BCUT2D eigenvalue weighted by Gasteiger charge is 2.14. The van der Waals surface area contributed by atoms with E-state index < -0.39 is 0 Å². The third-order valence-corrected chi connectivity index (χ3v) is 3.86. The Morgan fingerprint density at radius 2 is 1.90 bits per heavy atom. The lowest BCUT2D eigenvalue weighted by atomic mass is 10.1. The van der Waals surface area contributed by atoms with E-state index in [1.807, 2.05) is 36.4 Å². The second kappa shape index (κ2) is 5.57. The van der Waals surface area contributed by atoms with Crippen molar-refractivity contribution < 1.29 is 9.47 Å². The van der Waals surface area contributed by atoms with Gasteiger partial charge in [-0.15, -0.1) is 0 Å². The number of nitrogen functional groups attached to an aromatic ring is 1. The molecule has 21 heavy (non-hydrogen) atoms. The standard InChI is InChI=1S/C15H12BrN3O2/c1-20-13-14(17)18-8-19-15(13)21-11-7-6-9-4-2-3-5-10(9)12(11)16/h2-8H,1H3,(H2,17,18,19). The molecule has 1 aromatic heterocycles. The van der Waals surface area contributed by atoms with Crippen LogP contribution in [0.2, 0.25) is 0 Å². The number of rotatable bonds is 3. The van der Waals surface area contributed by atoms with Crippen molar-refractivity contribution in [1.82, 2.24) is 9.97 Å². The van der Waals surface area contributed by atoms with E-state index in [1.165, 1.54) is 13.4 Å². The molecule has 0 amide bonds. The molecule has 1 heterocycles. The maximum absolute atomic E-state index is 5.82. The molecule has 6 heteroatoms. The van der Waals surface area contributed by atoms with E-state index in [0.717, 1.165) is 15.2 Å². The monoisotopic (exact) mass is 345 g/mol. The summed E-state index contributed by atoms with van der Waals surface area (Å²) in [5.41, 5.74) is 5.75. The highest BCUT2D eigenvalue weighted by Crippen LogP contribution is 2.38. The van der Waals surface area contributed by atoms with Crippen LogP contribution in [-0.4, -0.2) is 17.1 Å². The molecule has 3 aromatic rings. The lowest BCUT2D eigenvalue weighted by Gasteiger charge is -2.12. The minimum atomic E-state index is 0.236. The van der Waals surface area contributed by atoms with Crippen LogP contribution in [0.25, 0.3) is 10.8 Å². The summed E-state index contributed by atoms with van der Waals surface area (Å²) in [6, 6.07) is 11.9. The Hall–Kier alpha value is -2.34. The van der Waals surface area contributed by atoms with Crippen molar-refractivity contribution in [3.8, 4) is 17.4 Å². The molecular formula is C15H12BrN3O2. The largest absolute Gasteiger partial charge is 0.489 e. The highest BCUT2D eigenvalue weighted by molar-refractivity contribution is 9.10. The molecule has 3 rings (SSSR count). The number of fused-ring (bicyclic) bond motifs is 1. The average Bonchev–Trinajstić information content (AvgIpc) is 2.50. The number of nitrogens with zero attached hydrogens (tertiary/aromatic N) is 2. The number of hydrogen-bond donors (Lipinski definition) is 1. The Balaban J connectivity index is 2.07. The average molecular weight is 346 g/mol. The van der Waals surface area contributed by atoms with Gasteiger partial charge in [-0.3, -0.25) is 0 Å². The molecule has 2 aromatic carbocycles. The molecular weight excluding hydrogens is 334 g/mol. The van der Waals surface area contributed by atoms with E-state index >= 15 is 0 Å². The Bertz CT molecular complexity index is 808. The third-order valence-electron chi connectivity index (χ3n) is 3.04. The number of ether oxygens (including phenoxy) is 2. The van der Waals surface area contributed by atoms with Gasteiger partial charge in [-0.1, -0.05) is 30.3 Å². The number of benzene rings is 2. The van der Waals surface area contributed by atoms with E-state index in [4.69, 9.17) is 15.2 Å². The van der Waals surface area contributed by atoms with Crippen LogP contribution in [0.1, 0.15) is 0 Å². The maximum Gasteiger partial charge on any atom is 0.268 e. The summed E-state index contributed by atoms with van der Waals surface area (Å²) in [7, 11) is 1.50. The molecule has 2 N–H and O–H groups in total. The first-order chi connectivity index (χ1) is 10.2. The van der Waals surface area contributed by atoms with Gasteiger partial charge in [-0.25, -0.2) is 4.98 Å².